The van der Waals surface area contributed by atoms with Gasteiger partial charge in [-0.2, -0.15) is 0 Å². The fourth-order valence-corrected chi connectivity index (χ4v) is 1.80. The first-order chi connectivity index (χ1) is 8.17. The van der Waals surface area contributed by atoms with E-state index < -0.39 is 0 Å². The van der Waals surface area contributed by atoms with Crippen LogP contribution in [-0.4, -0.2) is 30.6 Å². The largest absolute Gasteiger partial charge is 0.323 e. The molecule has 0 spiro atoms. The molecule has 0 saturated carbocycles. The predicted octanol–water partition coefficient (Wildman–Crippen LogP) is 0.467. The summed E-state index contributed by atoms with van der Waals surface area (Å²) in [5.74, 6) is 0.559. The zero-order chi connectivity index (χ0) is 12.0. The molecular weight excluding hydrogens is 222 g/mol. The molecule has 0 aromatic carbocycles. The van der Waals surface area contributed by atoms with E-state index in [4.69, 9.17) is 0 Å². The van der Waals surface area contributed by atoms with E-state index in [9.17, 15) is 9.59 Å². The Morgan fingerprint density at radius 1 is 1.29 bits per heavy atom. The van der Waals surface area contributed by atoms with Crippen LogP contribution in [0.2, 0.25) is 0 Å². The molecule has 0 amide bonds. The van der Waals surface area contributed by atoms with Crippen molar-refractivity contribution in [3.05, 3.63) is 34.3 Å². The van der Waals surface area contributed by atoms with Gasteiger partial charge in [0.1, 0.15) is 5.69 Å². The maximum absolute atomic E-state index is 11.1. The van der Waals surface area contributed by atoms with Crippen molar-refractivity contribution in [1.82, 2.24) is 24.3 Å². The van der Waals surface area contributed by atoms with E-state index >= 15 is 0 Å². The van der Waals surface area contributed by atoms with Crippen molar-refractivity contribution in [1.29, 1.82) is 0 Å². The highest BCUT2D eigenvalue weighted by atomic mass is 16.1. The molecule has 0 atom stereocenters. The van der Waals surface area contributed by atoms with Gasteiger partial charge in [-0.15, -0.1) is 0 Å². The second-order valence-corrected chi connectivity index (χ2v) is 3.76. The first-order valence-electron chi connectivity index (χ1n) is 4.99. The van der Waals surface area contributed by atoms with Gasteiger partial charge in [-0.05, 0) is 6.92 Å². The summed E-state index contributed by atoms with van der Waals surface area (Å²) in [5, 5.41) is 0. The van der Waals surface area contributed by atoms with E-state index in [0.717, 1.165) is 12.0 Å². The van der Waals surface area contributed by atoms with Gasteiger partial charge in [-0.3, -0.25) is 9.20 Å². The number of aromatic nitrogens is 5. The molecule has 17 heavy (non-hydrogen) atoms. The van der Waals surface area contributed by atoms with E-state index in [1.165, 1.54) is 0 Å². The Hall–Kier alpha value is -2.57. The van der Waals surface area contributed by atoms with Gasteiger partial charge in [-0.25, -0.2) is 9.78 Å². The van der Waals surface area contributed by atoms with Crippen LogP contribution in [0.5, 0.6) is 0 Å². The van der Waals surface area contributed by atoms with Crippen molar-refractivity contribution in [2.24, 2.45) is 0 Å². The van der Waals surface area contributed by atoms with Crippen LogP contribution in [0.1, 0.15) is 16.2 Å². The SMILES string of the molecule is Cc1[nH]c(=O)[nH]c1-c1cn2cc(C=O)[nH]c2n1. The second kappa shape index (κ2) is 3.21. The number of aromatic amines is 3. The van der Waals surface area contributed by atoms with E-state index in [-0.39, 0.29) is 5.69 Å². The van der Waals surface area contributed by atoms with E-state index in [1.807, 2.05) is 0 Å². The lowest BCUT2D eigenvalue weighted by molar-refractivity contribution is 0.111. The van der Waals surface area contributed by atoms with Crippen LogP contribution >= 0.6 is 0 Å². The Bertz CT molecular complexity index is 726. The maximum atomic E-state index is 11.1. The van der Waals surface area contributed by atoms with Crippen LogP contribution in [0, 0.1) is 6.92 Å². The quantitative estimate of drug-likeness (QED) is 0.559. The Kier molecular flexibility index (Phi) is 1.82. The third-order valence-corrected chi connectivity index (χ3v) is 2.56. The topological polar surface area (TPSA) is 98.8 Å². The van der Waals surface area contributed by atoms with Crippen molar-refractivity contribution in [2.45, 2.75) is 6.92 Å². The molecule has 0 bridgehead atoms. The first kappa shape index (κ1) is 9.64. The minimum absolute atomic E-state index is 0.261. The highest BCUT2D eigenvalue weighted by Gasteiger charge is 2.11. The molecule has 7 heteroatoms. The average molecular weight is 231 g/mol. The zero-order valence-electron chi connectivity index (χ0n) is 8.94. The summed E-state index contributed by atoms with van der Waals surface area (Å²) in [5.41, 5.74) is 2.22. The number of nitrogens with zero attached hydrogens (tertiary/aromatic N) is 2. The first-order valence-corrected chi connectivity index (χ1v) is 4.99. The summed E-state index contributed by atoms with van der Waals surface area (Å²) in [7, 11) is 0. The molecule has 3 heterocycles. The van der Waals surface area contributed by atoms with E-state index in [0.29, 0.717) is 22.9 Å². The maximum Gasteiger partial charge on any atom is 0.323 e. The highest BCUT2D eigenvalue weighted by molar-refractivity contribution is 5.73. The predicted molar refractivity (Wildman–Crippen MR) is 60.1 cm³/mol. The Morgan fingerprint density at radius 2 is 2.12 bits per heavy atom. The van der Waals surface area contributed by atoms with Gasteiger partial charge < -0.3 is 15.0 Å². The van der Waals surface area contributed by atoms with Gasteiger partial charge in [0.05, 0.1) is 11.4 Å². The summed E-state index contributed by atoms with van der Waals surface area (Å²) in [6.07, 6.45) is 4.10. The lowest BCUT2D eigenvalue weighted by atomic mass is 10.3. The molecule has 7 nitrogen and oxygen atoms in total. The zero-order valence-corrected chi connectivity index (χ0v) is 8.94. The van der Waals surface area contributed by atoms with Gasteiger partial charge in [-0.1, -0.05) is 0 Å². The minimum atomic E-state index is -0.261. The molecule has 3 aromatic heterocycles. The number of aldehydes is 1. The highest BCUT2D eigenvalue weighted by Crippen LogP contribution is 2.18. The van der Waals surface area contributed by atoms with Crippen LogP contribution in [-0.2, 0) is 0 Å². The fraction of sp³-hybridized carbons (Fsp3) is 0.100. The normalized spacial score (nSPS) is 11.1. The van der Waals surface area contributed by atoms with E-state index in [1.54, 1.807) is 23.7 Å². The molecule has 0 radical (unpaired) electrons. The summed E-state index contributed by atoms with van der Waals surface area (Å²) in [6, 6.07) is 0. The molecule has 0 fully saturated rings. The molecule has 3 rings (SSSR count). The molecular formula is C10H9N5O2. The van der Waals surface area contributed by atoms with Crippen molar-refractivity contribution >= 4 is 12.1 Å². The van der Waals surface area contributed by atoms with E-state index in [2.05, 4.69) is 19.9 Å². The van der Waals surface area contributed by atoms with Gasteiger partial charge in [0.25, 0.3) is 0 Å². The summed E-state index contributed by atoms with van der Waals surface area (Å²) in [6.45, 7) is 1.79. The number of nitrogens with one attached hydrogen (secondary N) is 3. The van der Waals surface area contributed by atoms with Crippen LogP contribution in [0.3, 0.4) is 0 Å². The van der Waals surface area contributed by atoms with Crippen LogP contribution in [0.4, 0.5) is 0 Å². The summed E-state index contributed by atoms with van der Waals surface area (Å²) in [4.78, 5) is 34.1. The molecule has 0 aliphatic heterocycles. The van der Waals surface area contributed by atoms with Gasteiger partial charge in [0.2, 0.25) is 5.78 Å². The van der Waals surface area contributed by atoms with Gasteiger partial charge >= 0.3 is 5.69 Å². The van der Waals surface area contributed by atoms with Crippen molar-refractivity contribution < 1.29 is 4.79 Å². The van der Waals surface area contributed by atoms with Gasteiger partial charge in [0, 0.05) is 18.1 Å². The van der Waals surface area contributed by atoms with Crippen molar-refractivity contribution in [2.75, 3.05) is 0 Å². The number of rotatable bonds is 2. The van der Waals surface area contributed by atoms with Crippen LogP contribution < -0.4 is 5.69 Å². The van der Waals surface area contributed by atoms with Crippen LogP contribution in [0.25, 0.3) is 17.2 Å². The minimum Gasteiger partial charge on any atom is -0.321 e. The third-order valence-electron chi connectivity index (χ3n) is 2.56. The Balaban J connectivity index is 2.18. The Morgan fingerprint density at radius 3 is 2.71 bits per heavy atom. The molecule has 3 aromatic rings. The number of H-pyrrole nitrogens is 3. The number of aryl methyl sites for hydroxylation is 1. The molecule has 3 N–H and O–H groups in total. The second-order valence-electron chi connectivity index (χ2n) is 3.76. The van der Waals surface area contributed by atoms with Crippen molar-refractivity contribution in [3.8, 4) is 11.4 Å². The number of hydrogen-bond donors (Lipinski definition) is 3. The lowest BCUT2D eigenvalue weighted by Crippen LogP contribution is -2.00. The third kappa shape index (κ3) is 1.40. The standard InChI is InChI=1S/C10H9N5O2/c1-5-8(14-10(17)11-5)7-3-15-2-6(4-16)12-9(15)13-7/h2-4H,1H3,(H,12,13)(H2,11,14,17). The number of carbonyl (C=O) groups excluding carboxylic acids is 1. The number of carbonyl (C=O) groups is 1. The molecule has 0 aliphatic rings. The summed E-state index contributed by atoms with van der Waals surface area (Å²) >= 11 is 0. The molecule has 0 aliphatic carbocycles. The number of imidazole rings is 3. The Labute approximate surface area is 94.5 Å². The lowest BCUT2D eigenvalue weighted by Gasteiger charge is -1.91. The molecule has 0 unspecified atom stereocenters. The number of hydrogen-bond acceptors (Lipinski definition) is 3. The fourth-order valence-electron chi connectivity index (χ4n) is 1.80. The van der Waals surface area contributed by atoms with Crippen molar-refractivity contribution in [3.63, 3.8) is 0 Å². The average Bonchev–Trinajstić information content (AvgIpc) is 2.89. The molecule has 0 saturated heterocycles. The summed E-state index contributed by atoms with van der Waals surface area (Å²) < 4.78 is 1.70. The van der Waals surface area contributed by atoms with Crippen LogP contribution in [0.15, 0.2) is 17.2 Å². The monoisotopic (exact) mass is 231 g/mol. The molecule has 86 valence electrons. The number of fused-ring (bicyclic) bond motifs is 1. The smallest absolute Gasteiger partial charge is 0.321 e. The van der Waals surface area contributed by atoms with Gasteiger partial charge in [0.15, 0.2) is 6.29 Å².